The van der Waals surface area contributed by atoms with Crippen LogP contribution in [0.4, 0.5) is 10.5 Å². The third-order valence-corrected chi connectivity index (χ3v) is 6.08. The molecule has 2 aliphatic heterocycles. The Labute approximate surface area is 180 Å². The monoisotopic (exact) mass is 415 g/mol. The first-order valence-electron chi connectivity index (χ1n) is 11.1. The van der Waals surface area contributed by atoms with Crippen LogP contribution in [-0.2, 0) is 9.53 Å². The highest BCUT2D eigenvalue weighted by Gasteiger charge is 2.38. The molecule has 2 amide bonds. The van der Waals surface area contributed by atoms with Crippen LogP contribution in [-0.4, -0.2) is 54.2 Å². The lowest BCUT2D eigenvalue weighted by Gasteiger charge is -2.38. The third kappa shape index (κ3) is 4.97. The van der Waals surface area contributed by atoms with E-state index in [1.165, 1.54) is 5.56 Å². The Hall–Kier alpha value is -2.08. The molecule has 6 heteroatoms. The van der Waals surface area contributed by atoms with Gasteiger partial charge in [-0.3, -0.25) is 4.79 Å². The lowest BCUT2D eigenvalue weighted by molar-refractivity contribution is -0.119. The van der Waals surface area contributed by atoms with E-state index < -0.39 is 5.60 Å². The van der Waals surface area contributed by atoms with Gasteiger partial charge in [0.05, 0.1) is 6.04 Å². The van der Waals surface area contributed by atoms with Gasteiger partial charge in [0, 0.05) is 31.4 Å². The molecule has 0 aromatic heterocycles. The first kappa shape index (κ1) is 22.6. The molecule has 2 saturated heterocycles. The van der Waals surface area contributed by atoms with Crippen molar-refractivity contribution in [2.75, 3.05) is 24.5 Å². The number of rotatable bonds is 3. The van der Waals surface area contributed by atoms with Gasteiger partial charge in [0.1, 0.15) is 5.60 Å². The second kappa shape index (κ2) is 8.58. The lowest BCUT2D eigenvalue weighted by atomic mass is 9.93. The van der Waals surface area contributed by atoms with Crippen molar-refractivity contribution in [3.8, 4) is 0 Å². The van der Waals surface area contributed by atoms with E-state index in [0.29, 0.717) is 13.1 Å². The van der Waals surface area contributed by atoms with Gasteiger partial charge < -0.3 is 19.9 Å². The summed E-state index contributed by atoms with van der Waals surface area (Å²) in [5.74, 6) is 0.419. The molecule has 0 aliphatic carbocycles. The molecule has 3 atom stereocenters. The molecule has 1 N–H and O–H groups in total. The van der Waals surface area contributed by atoms with Crippen molar-refractivity contribution >= 4 is 17.7 Å². The fraction of sp³-hybridized carbons (Fsp3) is 0.667. The number of ether oxygens (including phenoxy) is 1. The maximum absolute atomic E-state index is 13.2. The quantitative estimate of drug-likeness (QED) is 0.812. The molecular weight excluding hydrogens is 378 g/mol. The summed E-state index contributed by atoms with van der Waals surface area (Å²) >= 11 is 0. The van der Waals surface area contributed by atoms with Crippen molar-refractivity contribution in [1.29, 1.82) is 0 Å². The average molecular weight is 416 g/mol. The van der Waals surface area contributed by atoms with E-state index in [1.807, 2.05) is 25.7 Å². The van der Waals surface area contributed by atoms with Gasteiger partial charge in [0.25, 0.3) is 0 Å². The number of hydrogen-bond donors (Lipinski definition) is 1. The zero-order valence-corrected chi connectivity index (χ0v) is 19.5. The minimum Gasteiger partial charge on any atom is -0.444 e. The lowest BCUT2D eigenvalue weighted by Crippen LogP contribution is -2.54. The Morgan fingerprint density at radius 1 is 1.10 bits per heavy atom. The van der Waals surface area contributed by atoms with Gasteiger partial charge in [-0.15, -0.1) is 0 Å². The fourth-order valence-electron chi connectivity index (χ4n) is 4.80. The van der Waals surface area contributed by atoms with Crippen LogP contribution < -0.4 is 10.2 Å². The second-order valence-corrected chi connectivity index (χ2v) is 10.0. The first-order chi connectivity index (χ1) is 14.0. The van der Waals surface area contributed by atoms with Crippen molar-refractivity contribution in [3.05, 3.63) is 28.8 Å². The number of aryl methyl sites for hydroxylation is 3. The normalized spacial score (nSPS) is 25.0. The van der Waals surface area contributed by atoms with Gasteiger partial charge in [-0.05, 0) is 71.4 Å². The molecule has 2 aliphatic rings. The van der Waals surface area contributed by atoms with Crippen LogP contribution in [0.3, 0.4) is 0 Å². The van der Waals surface area contributed by atoms with Crippen molar-refractivity contribution in [3.63, 3.8) is 0 Å². The number of anilines is 1. The van der Waals surface area contributed by atoms with Crippen LogP contribution in [0.2, 0.25) is 0 Å². The number of carbonyl (C=O) groups is 2. The van der Waals surface area contributed by atoms with Gasteiger partial charge in [-0.25, -0.2) is 4.79 Å². The zero-order valence-electron chi connectivity index (χ0n) is 19.5. The molecule has 166 valence electrons. The number of amides is 2. The summed E-state index contributed by atoms with van der Waals surface area (Å²) in [7, 11) is 0. The van der Waals surface area contributed by atoms with E-state index in [1.54, 1.807) is 4.90 Å². The predicted molar refractivity (Wildman–Crippen MR) is 120 cm³/mol. The zero-order chi connectivity index (χ0) is 22.2. The molecule has 2 heterocycles. The number of likely N-dealkylation sites (tertiary alicyclic amines) is 1. The first-order valence-corrected chi connectivity index (χ1v) is 11.1. The van der Waals surface area contributed by atoms with Crippen molar-refractivity contribution < 1.29 is 14.3 Å². The van der Waals surface area contributed by atoms with Gasteiger partial charge in [0.2, 0.25) is 5.91 Å². The molecule has 0 spiro atoms. The van der Waals surface area contributed by atoms with E-state index in [0.717, 1.165) is 36.2 Å². The minimum atomic E-state index is -0.485. The Morgan fingerprint density at radius 2 is 1.73 bits per heavy atom. The molecule has 0 unspecified atom stereocenters. The predicted octanol–water partition coefficient (Wildman–Crippen LogP) is 3.95. The van der Waals surface area contributed by atoms with Crippen LogP contribution in [0.15, 0.2) is 12.1 Å². The minimum absolute atomic E-state index is 0.159. The fourth-order valence-corrected chi connectivity index (χ4v) is 4.80. The van der Waals surface area contributed by atoms with E-state index in [4.69, 9.17) is 4.74 Å². The highest BCUT2D eigenvalue weighted by Crippen LogP contribution is 2.31. The summed E-state index contributed by atoms with van der Waals surface area (Å²) in [5, 5.41) is 3.61. The molecule has 3 rings (SSSR count). The Bertz CT molecular complexity index is 791. The topological polar surface area (TPSA) is 61.9 Å². The standard InChI is InChI=1S/C24H37N3O3/c1-15-12-16(2)21(17(3)13-15)27-11-9-20(22(27)28)25-19-8-10-26(14-18(19)4)23(29)30-24(5,6)7/h12-13,18-20,25H,8-11,14H2,1-7H3/t18-,19-,20+/m1/s1. The van der Waals surface area contributed by atoms with Crippen molar-refractivity contribution in [2.24, 2.45) is 5.92 Å². The van der Waals surface area contributed by atoms with Gasteiger partial charge in [-0.1, -0.05) is 24.6 Å². The molecule has 0 saturated carbocycles. The molecule has 6 nitrogen and oxygen atoms in total. The van der Waals surface area contributed by atoms with E-state index in [9.17, 15) is 9.59 Å². The van der Waals surface area contributed by atoms with Crippen LogP contribution in [0.25, 0.3) is 0 Å². The Morgan fingerprint density at radius 3 is 2.30 bits per heavy atom. The largest absolute Gasteiger partial charge is 0.444 e. The number of hydrogen-bond acceptors (Lipinski definition) is 4. The maximum Gasteiger partial charge on any atom is 0.410 e. The summed E-state index contributed by atoms with van der Waals surface area (Å²) in [6.07, 6.45) is 1.39. The summed E-state index contributed by atoms with van der Waals surface area (Å²) in [6.45, 7) is 16.1. The number of nitrogens with zero attached hydrogens (tertiary/aromatic N) is 2. The number of benzene rings is 1. The Balaban J connectivity index is 1.61. The average Bonchev–Trinajstić information content (AvgIpc) is 2.95. The number of carbonyl (C=O) groups excluding carboxylic acids is 2. The molecule has 0 bridgehead atoms. The van der Waals surface area contributed by atoms with Crippen molar-refractivity contribution in [2.45, 2.75) is 79.0 Å². The Kier molecular flexibility index (Phi) is 6.46. The highest BCUT2D eigenvalue weighted by atomic mass is 16.6. The van der Waals surface area contributed by atoms with Gasteiger partial charge in [-0.2, -0.15) is 0 Å². The van der Waals surface area contributed by atoms with Gasteiger partial charge >= 0.3 is 6.09 Å². The third-order valence-electron chi connectivity index (χ3n) is 6.08. The molecule has 1 aromatic carbocycles. The smallest absolute Gasteiger partial charge is 0.410 e. The maximum atomic E-state index is 13.2. The number of nitrogens with one attached hydrogen (secondary N) is 1. The molecular formula is C24H37N3O3. The molecule has 0 radical (unpaired) electrons. The van der Waals surface area contributed by atoms with Crippen molar-refractivity contribution in [1.82, 2.24) is 10.2 Å². The molecule has 2 fully saturated rings. The SMILES string of the molecule is Cc1cc(C)c(N2CC[C@H](N[C@@H]3CCN(C(=O)OC(C)(C)C)C[C@H]3C)C2=O)c(C)c1. The molecule has 30 heavy (non-hydrogen) atoms. The summed E-state index contributed by atoms with van der Waals surface area (Å²) < 4.78 is 5.51. The summed E-state index contributed by atoms with van der Waals surface area (Å²) in [4.78, 5) is 29.3. The highest BCUT2D eigenvalue weighted by molar-refractivity contribution is 6.00. The van der Waals surface area contributed by atoms with Crippen LogP contribution in [0, 0.1) is 26.7 Å². The van der Waals surface area contributed by atoms with Crippen LogP contribution in [0.5, 0.6) is 0 Å². The second-order valence-electron chi connectivity index (χ2n) is 10.0. The van der Waals surface area contributed by atoms with E-state index in [2.05, 4.69) is 45.1 Å². The summed E-state index contributed by atoms with van der Waals surface area (Å²) in [6, 6.07) is 4.35. The van der Waals surface area contributed by atoms with E-state index >= 15 is 0 Å². The number of piperidine rings is 1. The van der Waals surface area contributed by atoms with E-state index in [-0.39, 0.29) is 30.0 Å². The van der Waals surface area contributed by atoms with Crippen LogP contribution >= 0.6 is 0 Å². The van der Waals surface area contributed by atoms with Gasteiger partial charge in [0.15, 0.2) is 0 Å². The summed E-state index contributed by atoms with van der Waals surface area (Å²) in [5.41, 5.74) is 4.10. The molecule has 1 aromatic rings. The van der Waals surface area contributed by atoms with Crippen LogP contribution in [0.1, 0.15) is 57.2 Å².